The Morgan fingerprint density at radius 2 is 2.19 bits per heavy atom. The van der Waals surface area contributed by atoms with Crippen molar-refractivity contribution in [3.63, 3.8) is 0 Å². The number of hydrogen-bond acceptors (Lipinski definition) is 4. The minimum atomic E-state index is -0.918. The molecule has 6 heteroatoms. The van der Waals surface area contributed by atoms with E-state index in [1.165, 1.54) is 12.1 Å². The van der Waals surface area contributed by atoms with E-state index in [2.05, 4.69) is 15.5 Å². The van der Waals surface area contributed by atoms with Crippen LogP contribution in [-0.4, -0.2) is 10.1 Å². The standard InChI is InChI=1S/C10H9F2N3O/c1-6-14-9(16-15-6)5-13-8-4-2-3-7(11)10(8)12/h2-4,13H,5H2,1H3. The summed E-state index contributed by atoms with van der Waals surface area (Å²) in [6, 6.07) is 3.90. The largest absolute Gasteiger partial charge is 0.374 e. The van der Waals surface area contributed by atoms with Crippen LogP contribution in [0.15, 0.2) is 22.7 Å². The SMILES string of the molecule is Cc1noc(CNc2cccc(F)c2F)n1. The van der Waals surface area contributed by atoms with Gasteiger partial charge in [0.2, 0.25) is 5.89 Å². The van der Waals surface area contributed by atoms with Crippen LogP contribution < -0.4 is 5.32 Å². The summed E-state index contributed by atoms with van der Waals surface area (Å²) in [5, 5.41) is 6.25. The van der Waals surface area contributed by atoms with Crippen LogP contribution in [0.5, 0.6) is 0 Å². The van der Waals surface area contributed by atoms with Crippen LogP contribution in [-0.2, 0) is 6.54 Å². The Hall–Kier alpha value is -1.98. The zero-order valence-electron chi connectivity index (χ0n) is 8.50. The van der Waals surface area contributed by atoms with Gasteiger partial charge in [0, 0.05) is 0 Å². The van der Waals surface area contributed by atoms with E-state index >= 15 is 0 Å². The average Bonchev–Trinajstić information content (AvgIpc) is 2.67. The molecule has 0 amide bonds. The van der Waals surface area contributed by atoms with Gasteiger partial charge in [0.1, 0.15) is 0 Å². The highest BCUT2D eigenvalue weighted by Gasteiger charge is 2.08. The van der Waals surface area contributed by atoms with Crippen molar-refractivity contribution in [3.8, 4) is 0 Å². The molecule has 0 aliphatic heterocycles. The van der Waals surface area contributed by atoms with Gasteiger partial charge in [-0.3, -0.25) is 0 Å². The van der Waals surface area contributed by atoms with Crippen LogP contribution in [0.25, 0.3) is 0 Å². The molecular weight excluding hydrogens is 216 g/mol. The molecule has 0 bridgehead atoms. The van der Waals surface area contributed by atoms with Crippen molar-refractivity contribution in [2.24, 2.45) is 0 Å². The number of halogens is 2. The highest BCUT2D eigenvalue weighted by Crippen LogP contribution is 2.17. The van der Waals surface area contributed by atoms with E-state index < -0.39 is 11.6 Å². The van der Waals surface area contributed by atoms with Gasteiger partial charge in [-0.25, -0.2) is 8.78 Å². The average molecular weight is 225 g/mol. The van der Waals surface area contributed by atoms with Gasteiger partial charge in [-0.2, -0.15) is 4.98 Å². The molecule has 4 nitrogen and oxygen atoms in total. The molecule has 1 N–H and O–H groups in total. The molecule has 0 unspecified atom stereocenters. The second-order valence-corrected chi connectivity index (χ2v) is 3.19. The predicted molar refractivity (Wildman–Crippen MR) is 52.7 cm³/mol. The van der Waals surface area contributed by atoms with Gasteiger partial charge in [0.25, 0.3) is 0 Å². The van der Waals surface area contributed by atoms with Crippen molar-refractivity contribution in [1.82, 2.24) is 10.1 Å². The maximum atomic E-state index is 13.2. The Bertz CT molecular complexity index is 499. The fraction of sp³-hybridized carbons (Fsp3) is 0.200. The Kier molecular flexibility index (Phi) is 2.80. The third kappa shape index (κ3) is 2.16. The van der Waals surface area contributed by atoms with Crippen LogP contribution in [0.2, 0.25) is 0 Å². The normalized spacial score (nSPS) is 10.4. The fourth-order valence-corrected chi connectivity index (χ4v) is 1.22. The summed E-state index contributed by atoms with van der Waals surface area (Å²) in [4.78, 5) is 3.92. The lowest BCUT2D eigenvalue weighted by atomic mass is 10.3. The fourth-order valence-electron chi connectivity index (χ4n) is 1.22. The topological polar surface area (TPSA) is 51.0 Å². The first-order valence-corrected chi connectivity index (χ1v) is 4.64. The molecule has 0 radical (unpaired) electrons. The van der Waals surface area contributed by atoms with Crippen LogP contribution in [0.3, 0.4) is 0 Å². The molecule has 2 rings (SSSR count). The number of anilines is 1. The van der Waals surface area contributed by atoms with Crippen LogP contribution >= 0.6 is 0 Å². The zero-order valence-corrected chi connectivity index (χ0v) is 8.50. The molecule has 0 spiro atoms. The summed E-state index contributed by atoms with van der Waals surface area (Å²) in [6.07, 6.45) is 0. The van der Waals surface area contributed by atoms with E-state index in [-0.39, 0.29) is 12.2 Å². The lowest BCUT2D eigenvalue weighted by molar-refractivity contribution is 0.379. The molecule has 84 valence electrons. The van der Waals surface area contributed by atoms with Crippen molar-refractivity contribution < 1.29 is 13.3 Å². The maximum absolute atomic E-state index is 13.2. The van der Waals surface area contributed by atoms with Crippen molar-refractivity contribution >= 4 is 5.69 Å². The molecule has 1 aromatic heterocycles. The highest BCUT2D eigenvalue weighted by atomic mass is 19.2. The molecule has 0 saturated heterocycles. The smallest absolute Gasteiger partial charge is 0.245 e. The molecule has 1 aromatic carbocycles. The first kappa shape index (κ1) is 10.5. The number of nitrogens with one attached hydrogen (secondary N) is 1. The van der Waals surface area contributed by atoms with E-state index in [1.54, 1.807) is 6.92 Å². The van der Waals surface area contributed by atoms with Crippen molar-refractivity contribution in [2.75, 3.05) is 5.32 Å². The summed E-state index contributed by atoms with van der Waals surface area (Å²) >= 11 is 0. The molecule has 16 heavy (non-hydrogen) atoms. The Balaban J connectivity index is 2.07. The number of aryl methyl sites for hydroxylation is 1. The molecule has 0 fully saturated rings. The van der Waals surface area contributed by atoms with Gasteiger partial charge in [-0.05, 0) is 19.1 Å². The molecule has 2 aromatic rings. The van der Waals surface area contributed by atoms with Gasteiger partial charge in [-0.1, -0.05) is 11.2 Å². The monoisotopic (exact) mass is 225 g/mol. The summed E-state index contributed by atoms with van der Waals surface area (Å²) in [5.74, 6) is -0.997. The number of nitrogens with zero attached hydrogens (tertiary/aromatic N) is 2. The van der Waals surface area contributed by atoms with Gasteiger partial charge >= 0.3 is 0 Å². The van der Waals surface area contributed by atoms with E-state index in [0.717, 1.165) is 6.07 Å². The first-order chi connectivity index (χ1) is 7.66. The lowest BCUT2D eigenvalue weighted by Gasteiger charge is -2.04. The minimum Gasteiger partial charge on any atom is -0.374 e. The van der Waals surface area contributed by atoms with Crippen molar-refractivity contribution in [3.05, 3.63) is 41.5 Å². The molecular formula is C10H9F2N3O. The van der Waals surface area contributed by atoms with Gasteiger partial charge in [0.05, 0.1) is 12.2 Å². The molecule has 0 aliphatic carbocycles. The van der Waals surface area contributed by atoms with E-state index in [4.69, 9.17) is 4.52 Å². The molecule has 0 atom stereocenters. The Morgan fingerprint density at radius 3 is 2.88 bits per heavy atom. The van der Waals surface area contributed by atoms with E-state index in [1.807, 2.05) is 0 Å². The molecule has 0 saturated carbocycles. The van der Waals surface area contributed by atoms with Crippen LogP contribution in [0.4, 0.5) is 14.5 Å². The first-order valence-electron chi connectivity index (χ1n) is 4.64. The minimum absolute atomic E-state index is 0.0656. The van der Waals surface area contributed by atoms with Gasteiger partial charge < -0.3 is 9.84 Å². The summed E-state index contributed by atoms with van der Waals surface area (Å²) in [7, 11) is 0. The quantitative estimate of drug-likeness (QED) is 0.870. The number of hydrogen-bond donors (Lipinski definition) is 1. The van der Waals surface area contributed by atoms with Crippen LogP contribution in [0, 0.1) is 18.6 Å². The van der Waals surface area contributed by atoms with Crippen molar-refractivity contribution in [1.29, 1.82) is 0 Å². The van der Waals surface area contributed by atoms with E-state index in [0.29, 0.717) is 11.7 Å². The summed E-state index contributed by atoms with van der Waals surface area (Å²) in [6.45, 7) is 1.83. The Labute approximate surface area is 90.3 Å². The third-order valence-corrected chi connectivity index (χ3v) is 1.95. The second-order valence-electron chi connectivity index (χ2n) is 3.19. The number of benzene rings is 1. The zero-order chi connectivity index (χ0) is 11.5. The summed E-state index contributed by atoms with van der Waals surface area (Å²) in [5.41, 5.74) is 0.0656. The van der Waals surface area contributed by atoms with Crippen LogP contribution in [0.1, 0.15) is 11.7 Å². The number of aromatic nitrogens is 2. The highest BCUT2D eigenvalue weighted by molar-refractivity contribution is 5.44. The predicted octanol–water partition coefficient (Wildman–Crippen LogP) is 2.27. The molecule has 0 aliphatic rings. The van der Waals surface area contributed by atoms with Gasteiger partial charge in [-0.15, -0.1) is 0 Å². The lowest BCUT2D eigenvalue weighted by Crippen LogP contribution is -2.02. The number of rotatable bonds is 3. The Morgan fingerprint density at radius 1 is 1.38 bits per heavy atom. The van der Waals surface area contributed by atoms with Gasteiger partial charge in [0.15, 0.2) is 17.5 Å². The summed E-state index contributed by atoms with van der Waals surface area (Å²) < 4.78 is 30.9. The van der Waals surface area contributed by atoms with E-state index in [9.17, 15) is 8.78 Å². The van der Waals surface area contributed by atoms with Crippen molar-refractivity contribution in [2.45, 2.75) is 13.5 Å². The molecule has 1 heterocycles. The maximum Gasteiger partial charge on any atom is 0.245 e. The third-order valence-electron chi connectivity index (χ3n) is 1.95. The second kappa shape index (κ2) is 4.26.